The lowest BCUT2D eigenvalue weighted by molar-refractivity contribution is 0.101. The van der Waals surface area contributed by atoms with E-state index in [1.54, 1.807) is 12.1 Å². The van der Waals surface area contributed by atoms with E-state index in [4.69, 9.17) is 4.74 Å². The Morgan fingerprint density at radius 2 is 1.96 bits per heavy atom. The van der Waals surface area contributed by atoms with Crippen molar-refractivity contribution in [3.63, 3.8) is 0 Å². The van der Waals surface area contributed by atoms with Crippen molar-refractivity contribution >= 4 is 21.5 Å². The molecular formula is C20H24N2O4S. The smallest absolute Gasteiger partial charge is 0.242 e. The van der Waals surface area contributed by atoms with Crippen molar-refractivity contribution in [2.24, 2.45) is 0 Å². The zero-order chi connectivity index (χ0) is 19.6. The number of benzene rings is 2. The summed E-state index contributed by atoms with van der Waals surface area (Å²) in [4.78, 5) is 13.9. The van der Waals surface area contributed by atoms with Crippen LogP contribution in [-0.2, 0) is 10.0 Å². The van der Waals surface area contributed by atoms with Gasteiger partial charge in [-0.05, 0) is 38.1 Å². The van der Waals surface area contributed by atoms with E-state index in [0.29, 0.717) is 12.1 Å². The highest BCUT2D eigenvalue weighted by molar-refractivity contribution is 7.89. The molecule has 0 saturated carbocycles. The third kappa shape index (κ3) is 3.99. The summed E-state index contributed by atoms with van der Waals surface area (Å²) in [6.45, 7) is 5.13. The second-order valence-electron chi connectivity index (χ2n) is 6.62. The quantitative estimate of drug-likeness (QED) is 0.712. The molecule has 0 amide bonds. The van der Waals surface area contributed by atoms with Crippen LogP contribution < -0.4 is 9.64 Å². The number of anilines is 1. The molecule has 1 atom stereocenters. The van der Waals surface area contributed by atoms with Crippen LogP contribution in [0.3, 0.4) is 0 Å². The first kappa shape index (κ1) is 19.4. The zero-order valence-electron chi connectivity index (χ0n) is 15.8. The molecular weight excluding hydrogens is 364 g/mol. The lowest BCUT2D eigenvalue weighted by Gasteiger charge is -2.37. The topological polar surface area (TPSA) is 66.9 Å². The fraction of sp³-hybridized carbons (Fsp3) is 0.350. The van der Waals surface area contributed by atoms with Crippen LogP contribution in [-0.4, -0.2) is 51.3 Å². The number of carbonyl (C=O) groups excluding carboxylic acids is 1. The Kier molecular flexibility index (Phi) is 5.53. The van der Waals surface area contributed by atoms with E-state index in [0.717, 1.165) is 18.0 Å². The zero-order valence-corrected chi connectivity index (χ0v) is 16.6. The summed E-state index contributed by atoms with van der Waals surface area (Å²) in [5.74, 6) is 0.598. The third-order valence-corrected chi connectivity index (χ3v) is 6.53. The number of hydrogen-bond acceptors (Lipinski definition) is 5. The summed E-state index contributed by atoms with van der Waals surface area (Å²) >= 11 is 0. The molecule has 0 unspecified atom stereocenters. The number of carbonyl (C=O) groups is 1. The first-order valence-corrected chi connectivity index (χ1v) is 10.3. The van der Waals surface area contributed by atoms with Gasteiger partial charge in [0.05, 0.1) is 23.7 Å². The molecule has 2 aromatic carbocycles. The van der Waals surface area contributed by atoms with Crippen molar-refractivity contribution in [2.75, 3.05) is 31.6 Å². The summed E-state index contributed by atoms with van der Waals surface area (Å²) in [5, 5.41) is 0. The van der Waals surface area contributed by atoms with Crippen molar-refractivity contribution < 1.29 is 17.9 Å². The molecule has 0 bridgehead atoms. The number of nitrogens with zero attached hydrogens (tertiary/aromatic N) is 2. The fourth-order valence-corrected chi connectivity index (χ4v) is 4.46. The summed E-state index contributed by atoms with van der Waals surface area (Å²) < 4.78 is 33.2. The van der Waals surface area contributed by atoms with Gasteiger partial charge in [-0.1, -0.05) is 24.3 Å². The normalized spacial score (nSPS) is 16.7. The highest BCUT2D eigenvalue weighted by Crippen LogP contribution is 2.33. The monoisotopic (exact) mass is 388 g/mol. The van der Waals surface area contributed by atoms with Gasteiger partial charge in [0.2, 0.25) is 10.0 Å². The summed E-state index contributed by atoms with van der Waals surface area (Å²) in [5.41, 5.74) is 1.40. The molecule has 0 radical (unpaired) electrons. The lowest BCUT2D eigenvalue weighted by atomic mass is 10.2. The summed E-state index contributed by atoms with van der Waals surface area (Å²) in [6, 6.07) is 13.9. The molecule has 3 rings (SSSR count). The Morgan fingerprint density at radius 1 is 1.22 bits per heavy atom. The van der Waals surface area contributed by atoms with Crippen molar-refractivity contribution in [1.82, 2.24) is 4.31 Å². The van der Waals surface area contributed by atoms with Crippen LogP contribution in [0.15, 0.2) is 53.4 Å². The first-order valence-electron chi connectivity index (χ1n) is 8.91. The maximum atomic E-state index is 12.9. The maximum Gasteiger partial charge on any atom is 0.242 e. The second-order valence-corrected chi connectivity index (χ2v) is 8.66. The van der Waals surface area contributed by atoms with Crippen molar-refractivity contribution in [3.05, 3.63) is 54.1 Å². The van der Waals surface area contributed by atoms with Gasteiger partial charge in [-0.2, -0.15) is 4.31 Å². The van der Waals surface area contributed by atoms with Crippen molar-refractivity contribution in [2.45, 2.75) is 24.8 Å². The van der Waals surface area contributed by atoms with Gasteiger partial charge in [0, 0.05) is 19.2 Å². The van der Waals surface area contributed by atoms with Gasteiger partial charge in [0.15, 0.2) is 5.78 Å². The molecule has 1 aliphatic heterocycles. The minimum Gasteiger partial charge on any atom is -0.485 e. The third-order valence-electron chi connectivity index (χ3n) is 4.71. The molecule has 144 valence electrons. The minimum atomic E-state index is -3.71. The van der Waals surface area contributed by atoms with Gasteiger partial charge in [0.25, 0.3) is 0 Å². The number of likely N-dealkylation sites (N-methyl/N-ethyl adjacent to an activating group) is 2. The van der Waals surface area contributed by atoms with Gasteiger partial charge >= 0.3 is 0 Å². The molecule has 0 fully saturated rings. The van der Waals surface area contributed by atoms with Gasteiger partial charge in [-0.25, -0.2) is 8.42 Å². The van der Waals surface area contributed by atoms with Crippen LogP contribution in [0.4, 0.5) is 5.69 Å². The average molecular weight is 388 g/mol. The molecule has 27 heavy (non-hydrogen) atoms. The summed E-state index contributed by atoms with van der Waals surface area (Å²) in [7, 11) is -2.18. The number of Topliss-reactive ketones (excluding diaryl/α,β-unsaturated/α-hetero) is 1. The number of para-hydroxylation sites is 2. The Labute approximate surface area is 160 Å². The average Bonchev–Trinajstić information content (AvgIpc) is 2.67. The van der Waals surface area contributed by atoms with Gasteiger partial charge in [-0.3, -0.25) is 4.79 Å². The van der Waals surface area contributed by atoms with Gasteiger partial charge < -0.3 is 9.64 Å². The van der Waals surface area contributed by atoms with E-state index in [2.05, 4.69) is 11.8 Å². The SMILES string of the molecule is CCN1C[C@@H](CN(C)S(=O)(=O)c2cccc(C(C)=O)c2)Oc2ccccc21. The standard InChI is InChI=1S/C20H24N2O4S/c1-4-22-14-17(26-20-11-6-5-10-19(20)22)13-21(3)27(24,25)18-9-7-8-16(12-18)15(2)23/h5-12,17H,4,13-14H2,1-3H3/t17-/m1/s1. The highest BCUT2D eigenvalue weighted by atomic mass is 32.2. The van der Waals surface area contributed by atoms with E-state index in [1.807, 2.05) is 24.3 Å². The molecule has 0 aliphatic carbocycles. The molecule has 0 N–H and O–H groups in total. The van der Waals surface area contributed by atoms with Crippen molar-refractivity contribution in [3.8, 4) is 5.75 Å². The number of fused-ring (bicyclic) bond motifs is 1. The van der Waals surface area contributed by atoms with Crippen LogP contribution in [0.1, 0.15) is 24.2 Å². The number of sulfonamides is 1. The number of ether oxygens (including phenoxy) is 1. The van der Waals surface area contributed by atoms with Crippen molar-refractivity contribution in [1.29, 1.82) is 0 Å². The van der Waals surface area contributed by atoms with E-state index < -0.39 is 10.0 Å². The Hall–Kier alpha value is -2.38. The Balaban J connectivity index is 1.80. The largest absolute Gasteiger partial charge is 0.485 e. The van der Waals surface area contributed by atoms with Crippen LogP contribution in [0.25, 0.3) is 0 Å². The van der Waals surface area contributed by atoms with Crippen LogP contribution in [0, 0.1) is 0 Å². The number of rotatable bonds is 6. The molecule has 1 aliphatic rings. The van der Waals surface area contributed by atoms with Crippen LogP contribution in [0.5, 0.6) is 5.75 Å². The van der Waals surface area contributed by atoms with E-state index >= 15 is 0 Å². The minimum absolute atomic E-state index is 0.112. The number of hydrogen-bond donors (Lipinski definition) is 0. The molecule has 0 aromatic heterocycles. The molecule has 7 heteroatoms. The number of ketones is 1. The van der Waals surface area contributed by atoms with E-state index in [-0.39, 0.29) is 23.3 Å². The lowest BCUT2D eigenvalue weighted by Crippen LogP contribution is -2.46. The molecule has 6 nitrogen and oxygen atoms in total. The highest BCUT2D eigenvalue weighted by Gasteiger charge is 2.30. The van der Waals surface area contributed by atoms with Crippen LogP contribution in [0.2, 0.25) is 0 Å². The molecule has 1 heterocycles. The molecule has 0 spiro atoms. The second kappa shape index (κ2) is 7.70. The van der Waals surface area contributed by atoms with E-state index in [9.17, 15) is 13.2 Å². The predicted octanol–water partition coefficient (Wildman–Crippen LogP) is 2.80. The summed E-state index contributed by atoms with van der Waals surface area (Å²) in [6.07, 6.45) is -0.282. The molecule has 0 saturated heterocycles. The predicted molar refractivity (Wildman–Crippen MR) is 105 cm³/mol. The maximum absolute atomic E-state index is 12.9. The van der Waals surface area contributed by atoms with Crippen LogP contribution >= 0.6 is 0 Å². The fourth-order valence-electron chi connectivity index (χ4n) is 3.21. The molecule has 2 aromatic rings. The Morgan fingerprint density at radius 3 is 2.67 bits per heavy atom. The van der Waals surface area contributed by atoms with Gasteiger partial charge in [-0.15, -0.1) is 0 Å². The van der Waals surface area contributed by atoms with Gasteiger partial charge in [0.1, 0.15) is 11.9 Å². The van der Waals surface area contributed by atoms with E-state index in [1.165, 1.54) is 30.4 Å². The first-order chi connectivity index (χ1) is 12.8. The Bertz CT molecular complexity index is 943.